The lowest BCUT2D eigenvalue weighted by molar-refractivity contribution is -0.126. The van der Waals surface area contributed by atoms with Gasteiger partial charge in [-0.1, -0.05) is 20.3 Å². The van der Waals surface area contributed by atoms with Gasteiger partial charge in [0.05, 0.1) is 10.9 Å². The zero-order valence-corrected chi connectivity index (χ0v) is 20.4. The molecule has 0 radical (unpaired) electrons. The van der Waals surface area contributed by atoms with Gasteiger partial charge in [-0.25, -0.2) is 4.98 Å². The third-order valence-electron chi connectivity index (χ3n) is 6.84. The highest BCUT2D eigenvalue weighted by molar-refractivity contribution is 6.04. The highest BCUT2D eigenvalue weighted by atomic mass is 16.2. The maximum Gasteiger partial charge on any atom is 0.261 e. The quantitative estimate of drug-likeness (QED) is 0.482. The Morgan fingerprint density at radius 2 is 1.88 bits per heavy atom. The van der Waals surface area contributed by atoms with E-state index < -0.39 is 5.91 Å². The predicted molar refractivity (Wildman–Crippen MR) is 134 cm³/mol. The molecule has 2 N–H and O–H groups in total. The van der Waals surface area contributed by atoms with Gasteiger partial charge in [0.25, 0.3) is 5.56 Å². The molecule has 8 nitrogen and oxygen atoms in total. The first kappa shape index (κ1) is 24.4. The molecule has 1 fully saturated rings. The lowest BCUT2D eigenvalue weighted by Crippen LogP contribution is -2.40. The summed E-state index contributed by atoms with van der Waals surface area (Å²) >= 11 is 0. The largest absolute Gasteiger partial charge is 0.356 e. The van der Waals surface area contributed by atoms with Gasteiger partial charge in [0, 0.05) is 38.3 Å². The lowest BCUT2D eigenvalue weighted by Gasteiger charge is -2.34. The van der Waals surface area contributed by atoms with Crippen LogP contribution in [-0.4, -0.2) is 52.4 Å². The van der Waals surface area contributed by atoms with Gasteiger partial charge >= 0.3 is 0 Å². The fraction of sp³-hybridized carbons (Fsp3) is 0.615. The molecule has 2 unspecified atom stereocenters. The number of hydrogen-bond donors (Lipinski definition) is 2. The molecule has 184 valence electrons. The number of likely N-dealkylation sites (tertiary alicyclic amines) is 1. The number of hydrogen-bond acceptors (Lipinski definition) is 5. The number of nitrogens with zero attached hydrogens (tertiary/aromatic N) is 3. The van der Waals surface area contributed by atoms with Crippen LogP contribution in [0, 0.1) is 11.8 Å². The number of rotatable bonds is 7. The van der Waals surface area contributed by atoms with Crippen LogP contribution >= 0.6 is 0 Å². The average Bonchev–Trinajstić information content (AvgIpc) is 3.02. The minimum absolute atomic E-state index is 0.0618. The van der Waals surface area contributed by atoms with Crippen LogP contribution in [0.4, 0.5) is 5.69 Å². The SMILES string of the molecule is CC1CC(C)CN(CCCNC(=O)CC(=O)Nc2ccc3nc4n(c(=O)c3c2)CCCCC4)C1. The molecular weight excluding hydrogens is 430 g/mol. The summed E-state index contributed by atoms with van der Waals surface area (Å²) < 4.78 is 1.76. The molecule has 0 spiro atoms. The van der Waals surface area contributed by atoms with Crippen molar-refractivity contribution in [3.8, 4) is 0 Å². The number of piperidine rings is 1. The van der Waals surface area contributed by atoms with Crippen LogP contribution in [0.1, 0.15) is 58.2 Å². The van der Waals surface area contributed by atoms with Gasteiger partial charge in [-0.15, -0.1) is 0 Å². The van der Waals surface area contributed by atoms with Crippen LogP contribution in [0.5, 0.6) is 0 Å². The highest BCUT2D eigenvalue weighted by Crippen LogP contribution is 2.21. The number of aryl methyl sites for hydroxylation is 1. The number of carbonyl (C=O) groups is 2. The summed E-state index contributed by atoms with van der Waals surface area (Å²) in [6.07, 6.45) is 5.85. The number of fused-ring (bicyclic) bond motifs is 2. The zero-order valence-electron chi connectivity index (χ0n) is 20.4. The molecule has 3 heterocycles. The molecule has 2 aromatic rings. The normalized spacial score (nSPS) is 21.0. The molecule has 4 rings (SSSR count). The Hall–Kier alpha value is -2.74. The molecule has 2 aliphatic heterocycles. The highest BCUT2D eigenvalue weighted by Gasteiger charge is 2.21. The lowest BCUT2D eigenvalue weighted by atomic mass is 9.92. The predicted octanol–water partition coefficient (Wildman–Crippen LogP) is 2.94. The summed E-state index contributed by atoms with van der Waals surface area (Å²) in [6.45, 7) is 9.04. The van der Waals surface area contributed by atoms with E-state index in [4.69, 9.17) is 0 Å². The molecule has 1 saturated heterocycles. The van der Waals surface area contributed by atoms with Crippen molar-refractivity contribution in [2.24, 2.45) is 11.8 Å². The first-order chi connectivity index (χ1) is 16.4. The van der Waals surface area contributed by atoms with Crippen LogP contribution < -0.4 is 16.2 Å². The minimum Gasteiger partial charge on any atom is -0.356 e. The van der Waals surface area contributed by atoms with Gasteiger partial charge in [0.15, 0.2) is 0 Å². The topological polar surface area (TPSA) is 96.3 Å². The third-order valence-corrected chi connectivity index (χ3v) is 6.84. The molecule has 0 bridgehead atoms. The van der Waals surface area contributed by atoms with E-state index in [1.807, 2.05) is 0 Å². The maximum atomic E-state index is 13.0. The van der Waals surface area contributed by atoms with Crippen molar-refractivity contribution >= 4 is 28.4 Å². The van der Waals surface area contributed by atoms with Crippen molar-refractivity contribution in [2.75, 3.05) is 31.5 Å². The summed E-state index contributed by atoms with van der Waals surface area (Å²) in [6, 6.07) is 5.17. The molecule has 8 heteroatoms. The fourth-order valence-corrected chi connectivity index (χ4v) is 5.41. The fourth-order valence-electron chi connectivity index (χ4n) is 5.41. The first-order valence-electron chi connectivity index (χ1n) is 12.7. The molecule has 1 aromatic heterocycles. The second-order valence-corrected chi connectivity index (χ2v) is 10.2. The van der Waals surface area contributed by atoms with Crippen molar-refractivity contribution in [3.63, 3.8) is 0 Å². The van der Waals surface area contributed by atoms with Crippen LogP contribution in [0.2, 0.25) is 0 Å². The average molecular weight is 468 g/mol. The smallest absolute Gasteiger partial charge is 0.261 e. The van der Waals surface area contributed by atoms with E-state index in [1.54, 1.807) is 22.8 Å². The van der Waals surface area contributed by atoms with Crippen molar-refractivity contribution in [1.82, 2.24) is 19.8 Å². The Bertz CT molecular complexity index is 1090. The van der Waals surface area contributed by atoms with E-state index in [0.717, 1.165) is 69.4 Å². The van der Waals surface area contributed by atoms with Gasteiger partial charge in [-0.2, -0.15) is 0 Å². The van der Waals surface area contributed by atoms with Gasteiger partial charge in [-0.3, -0.25) is 19.0 Å². The minimum atomic E-state index is -0.390. The van der Waals surface area contributed by atoms with Crippen LogP contribution in [0.15, 0.2) is 23.0 Å². The Morgan fingerprint density at radius 1 is 1.09 bits per heavy atom. The number of nitrogens with one attached hydrogen (secondary N) is 2. The number of anilines is 1. The Kier molecular flexibility index (Phi) is 7.98. The first-order valence-corrected chi connectivity index (χ1v) is 12.7. The molecule has 1 aromatic carbocycles. The van der Waals surface area contributed by atoms with E-state index in [1.165, 1.54) is 6.42 Å². The van der Waals surface area contributed by atoms with Crippen LogP contribution in [0.25, 0.3) is 10.9 Å². The number of carbonyl (C=O) groups excluding carboxylic acids is 2. The maximum absolute atomic E-state index is 13.0. The summed E-state index contributed by atoms with van der Waals surface area (Å²) in [7, 11) is 0. The van der Waals surface area contributed by atoms with E-state index in [2.05, 4.69) is 34.4 Å². The summed E-state index contributed by atoms with van der Waals surface area (Å²) in [5, 5.41) is 6.10. The van der Waals surface area contributed by atoms with Crippen LogP contribution in [-0.2, 0) is 22.6 Å². The van der Waals surface area contributed by atoms with Crippen molar-refractivity contribution < 1.29 is 9.59 Å². The van der Waals surface area contributed by atoms with Gasteiger partial charge in [-0.05, 0) is 62.3 Å². The van der Waals surface area contributed by atoms with Crippen molar-refractivity contribution in [1.29, 1.82) is 0 Å². The Labute approximate surface area is 201 Å². The van der Waals surface area contributed by atoms with Gasteiger partial charge < -0.3 is 15.5 Å². The standard InChI is InChI=1S/C26H37N5O3/c1-18-13-19(2)17-30(16-18)11-6-10-27-24(32)15-25(33)28-20-8-9-22-21(14-20)26(34)31-12-5-3-4-7-23(31)29-22/h8-9,14,18-19H,3-7,10-13,15-17H2,1-2H3,(H,27,32)(H,28,33). The van der Waals surface area contributed by atoms with Crippen molar-refractivity contribution in [2.45, 2.75) is 65.3 Å². The van der Waals surface area contributed by atoms with Crippen molar-refractivity contribution in [3.05, 3.63) is 34.4 Å². The number of benzene rings is 1. The van der Waals surface area contributed by atoms with Gasteiger partial charge in [0.2, 0.25) is 11.8 Å². The summed E-state index contributed by atoms with van der Waals surface area (Å²) in [4.78, 5) is 44.7. The molecule has 0 aliphatic carbocycles. The second kappa shape index (κ2) is 11.1. The molecule has 34 heavy (non-hydrogen) atoms. The summed E-state index contributed by atoms with van der Waals surface area (Å²) in [5.74, 6) is 1.61. The molecule has 2 amide bonds. The van der Waals surface area contributed by atoms with E-state index >= 15 is 0 Å². The number of amides is 2. The number of aromatic nitrogens is 2. The monoisotopic (exact) mass is 467 g/mol. The molecule has 2 aliphatic rings. The van der Waals surface area contributed by atoms with Crippen LogP contribution in [0.3, 0.4) is 0 Å². The van der Waals surface area contributed by atoms with E-state index in [0.29, 0.717) is 29.7 Å². The molecule has 2 atom stereocenters. The van der Waals surface area contributed by atoms with E-state index in [9.17, 15) is 14.4 Å². The zero-order chi connectivity index (χ0) is 24.1. The molecular formula is C26H37N5O3. The molecule has 0 saturated carbocycles. The third kappa shape index (κ3) is 6.23. The van der Waals surface area contributed by atoms with Gasteiger partial charge in [0.1, 0.15) is 12.2 Å². The summed E-state index contributed by atoms with van der Waals surface area (Å²) in [5.41, 5.74) is 1.09. The Balaban J connectivity index is 1.27. The second-order valence-electron chi connectivity index (χ2n) is 10.2. The Morgan fingerprint density at radius 3 is 2.68 bits per heavy atom. The van der Waals surface area contributed by atoms with E-state index in [-0.39, 0.29) is 17.9 Å².